The Morgan fingerprint density at radius 2 is 1.75 bits per heavy atom. The van der Waals surface area contributed by atoms with Crippen LogP contribution in [0.4, 0.5) is 23.7 Å². The first-order valence-electron chi connectivity index (χ1n) is 10.3. The highest BCUT2D eigenvalue weighted by atomic mass is 79.9. The molecule has 1 fully saturated rings. The maximum absolute atomic E-state index is 13.3. The van der Waals surface area contributed by atoms with E-state index in [0.29, 0.717) is 61.1 Å². The number of hydrogen-bond acceptors (Lipinski definition) is 4. The fraction of sp³-hybridized carbons (Fsp3) is 0.545. The lowest BCUT2D eigenvalue weighted by Crippen LogP contribution is -2.51. The third-order valence-corrected chi connectivity index (χ3v) is 6.35. The van der Waals surface area contributed by atoms with Crippen LogP contribution in [0.25, 0.3) is 0 Å². The van der Waals surface area contributed by atoms with Gasteiger partial charge in [-0.25, -0.2) is 9.79 Å². The van der Waals surface area contributed by atoms with Gasteiger partial charge in [0.05, 0.1) is 16.3 Å². The van der Waals surface area contributed by atoms with Gasteiger partial charge in [-0.15, -0.1) is 0 Å². The van der Waals surface area contributed by atoms with E-state index < -0.39 is 17.3 Å². The highest BCUT2D eigenvalue weighted by Gasteiger charge is 2.33. The van der Waals surface area contributed by atoms with Gasteiger partial charge in [0.1, 0.15) is 11.4 Å². The van der Waals surface area contributed by atoms with Gasteiger partial charge >= 0.3 is 12.3 Å². The lowest BCUT2D eigenvalue weighted by Gasteiger charge is -2.37. The number of fused-ring (bicyclic) bond motifs is 1. The van der Waals surface area contributed by atoms with E-state index in [4.69, 9.17) is 21.3 Å². The van der Waals surface area contributed by atoms with Gasteiger partial charge in [0.25, 0.3) is 0 Å². The molecular formula is C22H26BrClF3N3O2. The van der Waals surface area contributed by atoms with E-state index in [1.54, 1.807) is 4.90 Å². The van der Waals surface area contributed by atoms with Crippen LogP contribution in [0.5, 0.6) is 0 Å². The number of amides is 1. The first-order chi connectivity index (χ1) is 14.8. The van der Waals surface area contributed by atoms with Crippen LogP contribution in [0.3, 0.4) is 0 Å². The van der Waals surface area contributed by atoms with Gasteiger partial charge in [-0.3, -0.25) is 0 Å². The number of carbonyl (C=O) groups excluding carboxylic acids is 1. The van der Waals surface area contributed by atoms with Crippen LogP contribution in [0.1, 0.15) is 45.2 Å². The summed E-state index contributed by atoms with van der Waals surface area (Å²) in [4.78, 5) is 20.7. The molecule has 176 valence electrons. The van der Waals surface area contributed by atoms with Crippen molar-refractivity contribution < 1.29 is 22.7 Å². The third kappa shape index (κ3) is 5.78. The minimum Gasteiger partial charge on any atom is -0.444 e. The molecule has 0 aromatic heterocycles. The highest BCUT2D eigenvalue weighted by Crippen LogP contribution is 2.40. The van der Waals surface area contributed by atoms with Crippen LogP contribution in [0.15, 0.2) is 32.2 Å². The van der Waals surface area contributed by atoms with Crippen molar-refractivity contribution in [2.45, 2.75) is 52.3 Å². The summed E-state index contributed by atoms with van der Waals surface area (Å²) in [6, 6.07) is 2.21. The number of halogens is 5. The van der Waals surface area contributed by atoms with E-state index in [-0.39, 0.29) is 10.6 Å². The molecule has 0 aliphatic carbocycles. The molecule has 0 saturated carbocycles. The summed E-state index contributed by atoms with van der Waals surface area (Å²) < 4.78 is 45.6. The summed E-state index contributed by atoms with van der Waals surface area (Å²) in [6.07, 6.45) is -3.88. The number of nitrogens with zero attached hydrogens (tertiary/aromatic N) is 3. The molecule has 10 heteroatoms. The number of amidine groups is 1. The van der Waals surface area contributed by atoms with Gasteiger partial charge in [0, 0.05) is 30.7 Å². The van der Waals surface area contributed by atoms with E-state index >= 15 is 0 Å². The monoisotopic (exact) mass is 535 g/mol. The van der Waals surface area contributed by atoms with Crippen LogP contribution >= 0.6 is 27.5 Å². The number of rotatable bonds is 0. The van der Waals surface area contributed by atoms with E-state index in [9.17, 15) is 18.0 Å². The summed E-state index contributed by atoms with van der Waals surface area (Å²) in [5.74, 6) is 0.509. The summed E-state index contributed by atoms with van der Waals surface area (Å²) in [5.41, 5.74) is 0.540. The second kappa shape index (κ2) is 9.25. The lowest BCUT2D eigenvalue weighted by molar-refractivity contribution is -0.137. The normalized spacial score (nSPS) is 18.1. The molecule has 1 amide bonds. The fourth-order valence-electron chi connectivity index (χ4n) is 3.55. The first kappa shape index (κ1) is 24.9. The maximum Gasteiger partial charge on any atom is 0.416 e. The molecule has 2 heterocycles. The molecule has 0 spiro atoms. The highest BCUT2D eigenvalue weighted by molar-refractivity contribution is 9.10. The zero-order valence-electron chi connectivity index (χ0n) is 18.4. The second-order valence-corrected chi connectivity index (χ2v) is 10.2. The predicted molar refractivity (Wildman–Crippen MR) is 122 cm³/mol. The molecule has 2 aliphatic heterocycles. The smallest absolute Gasteiger partial charge is 0.416 e. The van der Waals surface area contributed by atoms with Crippen molar-refractivity contribution in [1.82, 2.24) is 9.80 Å². The number of alkyl halides is 3. The van der Waals surface area contributed by atoms with Crippen LogP contribution in [-0.2, 0) is 17.3 Å². The van der Waals surface area contributed by atoms with Crippen molar-refractivity contribution in [3.05, 3.63) is 38.3 Å². The van der Waals surface area contributed by atoms with E-state index in [0.717, 1.165) is 17.7 Å². The molecule has 1 aromatic rings. The SMILES string of the molecule is CC1=C(Cl)C(N2CCN(C(=O)OC(C)(C)C)CC2)=Nc2c(Br)cc(C(F)(F)F)cc2CC1. The molecular weight excluding hydrogens is 511 g/mol. The van der Waals surface area contributed by atoms with Gasteiger partial charge in [-0.05, 0) is 74.2 Å². The molecule has 0 radical (unpaired) electrons. The number of ether oxygens (including phenoxy) is 1. The Bertz CT molecular complexity index is 962. The molecule has 0 bridgehead atoms. The standard InChI is InChI=1S/C22H26BrClF3N3O2/c1-13-5-6-14-11-15(22(25,26)27)12-16(23)18(14)28-19(17(13)24)29-7-9-30(10-8-29)20(31)32-21(2,3)4/h11-12H,5-10H2,1-4H3. The predicted octanol–water partition coefficient (Wildman–Crippen LogP) is 6.51. The molecule has 2 aliphatic rings. The zero-order valence-corrected chi connectivity index (χ0v) is 20.8. The largest absolute Gasteiger partial charge is 0.444 e. The second-order valence-electron chi connectivity index (χ2n) is 8.95. The van der Waals surface area contributed by atoms with E-state index in [1.807, 2.05) is 32.6 Å². The van der Waals surface area contributed by atoms with Crippen molar-refractivity contribution in [1.29, 1.82) is 0 Å². The van der Waals surface area contributed by atoms with Gasteiger partial charge in [0.2, 0.25) is 0 Å². The van der Waals surface area contributed by atoms with Crippen molar-refractivity contribution in [2.24, 2.45) is 4.99 Å². The summed E-state index contributed by atoms with van der Waals surface area (Å²) in [6.45, 7) is 9.13. The maximum atomic E-state index is 13.3. The van der Waals surface area contributed by atoms with E-state index in [2.05, 4.69) is 15.9 Å². The van der Waals surface area contributed by atoms with Crippen molar-refractivity contribution in [3.8, 4) is 0 Å². The van der Waals surface area contributed by atoms with Crippen LogP contribution in [-0.4, -0.2) is 53.5 Å². The number of allylic oxidation sites excluding steroid dienone is 1. The lowest BCUT2D eigenvalue weighted by atomic mass is 9.99. The van der Waals surface area contributed by atoms with Gasteiger partial charge < -0.3 is 14.5 Å². The Morgan fingerprint density at radius 1 is 1.12 bits per heavy atom. The van der Waals surface area contributed by atoms with Crippen LogP contribution in [0.2, 0.25) is 0 Å². The Labute approximate surface area is 199 Å². The molecule has 32 heavy (non-hydrogen) atoms. The van der Waals surface area contributed by atoms with Crippen LogP contribution in [0, 0.1) is 0 Å². The molecule has 5 nitrogen and oxygen atoms in total. The first-order valence-corrected chi connectivity index (χ1v) is 11.5. The third-order valence-electron chi connectivity index (χ3n) is 5.26. The molecule has 0 atom stereocenters. The van der Waals surface area contributed by atoms with Crippen molar-refractivity contribution in [2.75, 3.05) is 26.2 Å². The minimum absolute atomic E-state index is 0.274. The fourth-order valence-corrected chi connectivity index (χ4v) is 4.40. The summed E-state index contributed by atoms with van der Waals surface area (Å²) in [5, 5.41) is 0.494. The van der Waals surface area contributed by atoms with Crippen LogP contribution < -0.4 is 0 Å². The number of benzene rings is 1. The average Bonchev–Trinajstić information content (AvgIpc) is 2.67. The Hall–Kier alpha value is -1.74. The topological polar surface area (TPSA) is 45.1 Å². The number of aryl methyl sites for hydroxylation is 1. The number of piperazine rings is 1. The van der Waals surface area contributed by atoms with Gasteiger partial charge in [-0.2, -0.15) is 13.2 Å². The zero-order chi connectivity index (χ0) is 23.8. The molecule has 0 unspecified atom stereocenters. The average molecular weight is 537 g/mol. The Morgan fingerprint density at radius 3 is 2.31 bits per heavy atom. The van der Waals surface area contributed by atoms with E-state index in [1.165, 1.54) is 0 Å². The number of hydrogen-bond donors (Lipinski definition) is 0. The number of aliphatic imine (C=N–C) groups is 1. The summed E-state index contributed by atoms with van der Waals surface area (Å²) in [7, 11) is 0. The van der Waals surface area contributed by atoms with Gasteiger partial charge in [-0.1, -0.05) is 17.2 Å². The molecule has 3 rings (SSSR count). The molecule has 1 saturated heterocycles. The molecule has 0 N–H and O–H groups in total. The Kier molecular flexibility index (Phi) is 7.20. The summed E-state index contributed by atoms with van der Waals surface area (Å²) >= 11 is 9.93. The molecule has 1 aromatic carbocycles. The quantitative estimate of drug-likeness (QED) is 0.380. The van der Waals surface area contributed by atoms with Crippen molar-refractivity contribution in [3.63, 3.8) is 0 Å². The van der Waals surface area contributed by atoms with Crippen molar-refractivity contribution >= 4 is 45.1 Å². The minimum atomic E-state index is -4.44. The Balaban J connectivity index is 1.90. The van der Waals surface area contributed by atoms with Gasteiger partial charge in [0.15, 0.2) is 0 Å². The number of carbonyl (C=O) groups is 1.